The van der Waals surface area contributed by atoms with Gasteiger partial charge in [0.25, 0.3) is 0 Å². The van der Waals surface area contributed by atoms with E-state index < -0.39 is 31.7 Å². The summed E-state index contributed by atoms with van der Waals surface area (Å²) in [6.45, 7) is -3.27. The van der Waals surface area contributed by atoms with Crippen LogP contribution in [0.2, 0.25) is 0 Å². The van der Waals surface area contributed by atoms with Crippen molar-refractivity contribution >= 4 is 0 Å². The summed E-state index contributed by atoms with van der Waals surface area (Å²) in [7, 11) is 0. The Hall–Kier alpha value is -2.39. The molecule has 0 fully saturated rings. The van der Waals surface area contributed by atoms with E-state index in [0.717, 1.165) is 12.1 Å². The Balaban J connectivity index is 2.24. The summed E-state index contributed by atoms with van der Waals surface area (Å²) >= 11 is 0. The molecule has 0 unspecified atom stereocenters. The van der Waals surface area contributed by atoms with Gasteiger partial charge in [-0.3, -0.25) is 0 Å². The Bertz CT molecular complexity index is 681. The number of hydrogen-bond acceptors (Lipinski definition) is 3. The zero-order valence-corrected chi connectivity index (χ0v) is 12.3. The molecule has 0 saturated carbocycles. The lowest BCUT2D eigenvalue weighted by Gasteiger charge is -2.17. The number of benzene rings is 1. The Morgan fingerprint density at radius 2 is 1.52 bits per heavy atom. The predicted octanol–water partition coefficient (Wildman–Crippen LogP) is 5.17. The first-order valence-electron chi connectivity index (χ1n) is 6.74. The fourth-order valence-corrected chi connectivity index (χ4v) is 1.73. The Kier molecular flexibility index (Phi) is 5.48. The first-order valence-corrected chi connectivity index (χ1v) is 6.74. The lowest BCUT2D eigenvalue weighted by molar-refractivity contribution is -0.153. The molecule has 1 heterocycles. The SMILES string of the molecule is FC(F)C(F)(F)COc1cc(OCC(F)(F)F)cc(-c2ccco2)c1. The van der Waals surface area contributed by atoms with Crippen LogP contribution in [0.3, 0.4) is 0 Å². The lowest BCUT2D eigenvalue weighted by Crippen LogP contribution is -2.33. The molecule has 0 aliphatic heterocycles. The van der Waals surface area contributed by atoms with E-state index in [-0.39, 0.29) is 22.8 Å². The van der Waals surface area contributed by atoms with Gasteiger partial charge >= 0.3 is 18.5 Å². The van der Waals surface area contributed by atoms with E-state index in [2.05, 4.69) is 9.47 Å². The third-order valence-electron chi connectivity index (χ3n) is 2.84. The second kappa shape index (κ2) is 7.24. The fourth-order valence-electron chi connectivity index (χ4n) is 1.73. The molecule has 0 radical (unpaired) electrons. The zero-order valence-electron chi connectivity index (χ0n) is 12.3. The molecule has 2 rings (SSSR count). The quantitative estimate of drug-likeness (QED) is 0.629. The molecule has 0 spiro atoms. The third-order valence-corrected chi connectivity index (χ3v) is 2.84. The maximum atomic E-state index is 12.9. The molecule has 3 nitrogen and oxygen atoms in total. The molecule has 0 N–H and O–H groups in total. The number of furan rings is 1. The molecule has 2 aromatic rings. The summed E-state index contributed by atoms with van der Waals surface area (Å²) in [4.78, 5) is 0. The van der Waals surface area contributed by atoms with Crippen molar-refractivity contribution in [1.82, 2.24) is 0 Å². The summed E-state index contributed by atoms with van der Waals surface area (Å²) < 4.78 is 101. The van der Waals surface area contributed by atoms with Gasteiger partial charge in [-0.25, -0.2) is 8.78 Å². The van der Waals surface area contributed by atoms with Gasteiger partial charge in [-0.1, -0.05) is 0 Å². The van der Waals surface area contributed by atoms with E-state index in [1.807, 2.05) is 0 Å². The van der Waals surface area contributed by atoms with E-state index >= 15 is 0 Å². The normalized spacial score (nSPS) is 12.5. The summed E-state index contributed by atoms with van der Waals surface area (Å²) in [6.07, 6.45) is -7.28. The molecule has 10 heteroatoms. The van der Waals surface area contributed by atoms with Gasteiger partial charge in [-0.2, -0.15) is 22.0 Å². The zero-order chi connectivity index (χ0) is 18.7. The largest absolute Gasteiger partial charge is 0.487 e. The smallest absolute Gasteiger partial charge is 0.422 e. The standard InChI is InChI=1S/C15H11F7O3/c16-13(17)14(18,19)7-24-10-4-9(12-2-1-3-23-12)5-11(6-10)25-8-15(20,21)22/h1-6,13H,7-8H2. The molecule has 25 heavy (non-hydrogen) atoms. The minimum absolute atomic E-state index is 0.167. The highest BCUT2D eigenvalue weighted by atomic mass is 19.4. The number of hydrogen-bond donors (Lipinski definition) is 0. The van der Waals surface area contributed by atoms with Crippen LogP contribution >= 0.6 is 0 Å². The fraction of sp³-hybridized carbons (Fsp3) is 0.333. The highest BCUT2D eigenvalue weighted by Crippen LogP contribution is 2.32. The summed E-state index contributed by atoms with van der Waals surface area (Å²) in [5, 5.41) is 0. The molecule has 0 aliphatic rings. The molecular weight excluding hydrogens is 361 g/mol. The first-order chi connectivity index (χ1) is 11.6. The molecule has 0 saturated heterocycles. The molecule has 138 valence electrons. The van der Waals surface area contributed by atoms with Gasteiger partial charge < -0.3 is 13.9 Å². The van der Waals surface area contributed by atoms with E-state index in [4.69, 9.17) is 4.42 Å². The average molecular weight is 372 g/mol. The van der Waals surface area contributed by atoms with Crippen molar-refractivity contribution < 1.29 is 44.6 Å². The molecule has 0 atom stereocenters. The number of ether oxygens (including phenoxy) is 2. The van der Waals surface area contributed by atoms with Crippen LogP contribution in [0, 0.1) is 0 Å². The highest BCUT2D eigenvalue weighted by molar-refractivity contribution is 5.62. The van der Waals surface area contributed by atoms with Gasteiger partial charge in [0.05, 0.1) is 6.26 Å². The van der Waals surface area contributed by atoms with E-state index in [9.17, 15) is 30.7 Å². The van der Waals surface area contributed by atoms with E-state index in [1.165, 1.54) is 24.5 Å². The number of alkyl halides is 7. The lowest BCUT2D eigenvalue weighted by atomic mass is 10.1. The van der Waals surface area contributed by atoms with Gasteiger partial charge in [0, 0.05) is 11.6 Å². The summed E-state index contributed by atoms with van der Waals surface area (Å²) in [5.41, 5.74) is 0.167. The summed E-state index contributed by atoms with van der Waals surface area (Å²) in [5.74, 6) is -4.93. The van der Waals surface area contributed by atoms with Crippen molar-refractivity contribution in [3.05, 3.63) is 36.6 Å². The average Bonchev–Trinajstić information content (AvgIpc) is 3.04. The maximum Gasteiger partial charge on any atom is 0.422 e. The Labute approximate surface area is 136 Å². The molecule has 1 aromatic heterocycles. The van der Waals surface area contributed by atoms with Crippen LogP contribution < -0.4 is 9.47 Å². The van der Waals surface area contributed by atoms with Crippen molar-refractivity contribution in [2.75, 3.05) is 13.2 Å². The van der Waals surface area contributed by atoms with Crippen LogP contribution in [-0.4, -0.2) is 31.7 Å². The first kappa shape index (κ1) is 18.9. The minimum atomic E-state index is -4.62. The topological polar surface area (TPSA) is 31.6 Å². The molecular formula is C15H11F7O3. The van der Waals surface area contributed by atoms with Gasteiger partial charge in [-0.05, 0) is 24.3 Å². The molecule has 0 bridgehead atoms. The predicted molar refractivity (Wildman–Crippen MR) is 72.1 cm³/mol. The van der Waals surface area contributed by atoms with Crippen LogP contribution in [0.5, 0.6) is 11.5 Å². The maximum absolute atomic E-state index is 12.9. The number of halogens is 7. The second-order valence-electron chi connectivity index (χ2n) is 4.92. The van der Waals surface area contributed by atoms with Crippen molar-refractivity contribution in [2.24, 2.45) is 0 Å². The van der Waals surface area contributed by atoms with Crippen LogP contribution in [0.25, 0.3) is 11.3 Å². The molecule has 0 aliphatic carbocycles. The third kappa shape index (κ3) is 5.57. The van der Waals surface area contributed by atoms with Gasteiger partial charge in [-0.15, -0.1) is 0 Å². The minimum Gasteiger partial charge on any atom is -0.487 e. The molecule has 1 aromatic carbocycles. The Morgan fingerprint density at radius 3 is 2.00 bits per heavy atom. The van der Waals surface area contributed by atoms with Crippen LogP contribution in [0.1, 0.15) is 0 Å². The molecule has 0 amide bonds. The van der Waals surface area contributed by atoms with Crippen molar-refractivity contribution in [3.8, 4) is 22.8 Å². The van der Waals surface area contributed by atoms with Crippen LogP contribution in [0.4, 0.5) is 30.7 Å². The Morgan fingerprint density at radius 1 is 0.920 bits per heavy atom. The summed E-state index contributed by atoms with van der Waals surface area (Å²) in [6, 6.07) is 6.16. The van der Waals surface area contributed by atoms with Crippen molar-refractivity contribution in [3.63, 3.8) is 0 Å². The van der Waals surface area contributed by atoms with E-state index in [1.54, 1.807) is 0 Å². The van der Waals surface area contributed by atoms with Gasteiger partial charge in [0.1, 0.15) is 17.3 Å². The monoisotopic (exact) mass is 372 g/mol. The van der Waals surface area contributed by atoms with Crippen molar-refractivity contribution in [1.29, 1.82) is 0 Å². The van der Waals surface area contributed by atoms with Gasteiger partial charge in [0.2, 0.25) is 0 Å². The highest BCUT2D eigenvalue weighted by Gasteiger charge is 2.41. The second-order valence-corrected chi connectivity index (χ2v) is 4.92. The van der Waals surface area contributed by atoms with E-state index in [0.29, 0.717) is 0 Å². The number of rotatable bonds is 7. The van der Waals surface area contributed by atoms with Crippen LogP contribution in [0.15, 0.2) is 41.0 Å². The van der Waals surface area contributed by atoms with Crippen LogP contribution in [-0.2, 0) is 0 Å². The van der Waals surface area contributed by atoms with Crippen molar-refractivity contribution in [2.45, 2.75) is 18.5 Å². The van der Waals surface area contributed by atoms with Gasteiger partial charge in [0.15, 0.2) is 13.2 Å².